The predicted octanol–water partition coefficient (Wildman–Crippen LogP) is 0.856. The Morgan fingerprint density at radius 1 is 1.47 bits per heavy atom. The first-order valence-corrected chi connectivity index (χ1v) is 7.86. The van der Waals surface area contributed by atoms with Crippen LogP contribution in [0.3, 0.4) is 0 Å². The lowest BCUT2D eigenvalue weighted by atomic mass is 10.1. The first-order chi connectivity index (χ1) is 7.97. The van der Waals surface area contributed by atoms with Crippen LogP contribution in [0.2, 0.25) is 0 Å². The number of aliphatic hydroxyl groups excluding tert-OH is 1. The Labute approximate surface area is 104 Å². The van der Waals surface area contributed by atoms with Crippen LogP contribution in [0.5, 0.6) is 0 Å². The van der Waals surface area contributed by atoms with Gasteiger partial charge in [0.2, 0.25) is 0 Å². The van der Waals surface area contributed by atoms with E-state index in [4.69, 9.17) is 0 Å². The zero-order valence-corrected chi connectivity index (χ0v) is 11.5. The molecule has 1 saturated heterocycles. The highest BCUT2D eigenvalue weighted by molar-refractivity contribution is 7.87. The third kappa shape index (κ3) is 4.54. The molecule has 0 aromatic carbocycles. The summed E-state index contributed by atoms with van der Waals surface area (Å²) < 4.78 is 28.0. The van der Waals surface area contributed by atoms with Crippen LogP contribution in [0.15, 0.2) is 0 Å². The highest BCUT2D eigenvalue weighted by atomic mass is 32.2. The molecule has 2 N–H and O–H groups in total. The smallest absolute Gasteiger partial charge is 0.279 e. The molecule has 6 heteroatoms. The lowest BCUT2D eigenvalue weighted by Gasteiger charge is -2.32. The predicted molar refractivity (Wildman–Crippen MR) is 67.9 cm³/mol. The number of nitrogens with zero attached hydrogens (tertiary/aromatic N) is 1. The fourth-order valence-electron chi connectivity index (χ4n) is 2.15. The molecule has 1 rings (SSSR count). The van der Waals surface area contributed by atoms with Gasteiger partial charge in [-0.2, -0.15) is 17.4 Å². The van der Waals surface area contributed by atoms with Crippen LogP contribution in [-0.4, -0.2) is 43.1 Å². The number of aliphatic hydroxyl groups is 1. The summed E-state index contributed by atoms with van der Waals surface area (Å²) in [4.78, 5) is 0. The standard InChI is InChI=1S/C11H24N2O3S/c1-3-6-11(14)9-12-17(15,16)13-8-5-4-7-10(13)2/h10-12,14H,3-9H2,1-2H3. The van der Waals surface area contributed by atoms with Gasteiger partial charge in [-0.05, 0) is 26.2 Å². The highest BCUT2D eigenvalue weighted by Gasteiger charge is 2.29. The average molecular weight is 264 g/mol. The van der Waals surface area contributed by atoms with Crippen molar-refractivity contribution >= 4 is 10.2 Å². The van der Waals surface area contributed by atoms with E-state index in [0.717, 1.165) is 25.7 Å². The number of hydrogen-bond acceptors (Lipinski definition) is 3. The Bertz CT molecular complexity index is 319. The number of nitrogens with one attached hydrogen (secondary N) is 1. The lowest BCUT2D eigenvalue weighted by molar-refractivity contribution is 0.165. The van der Waals surface area contributed by atoms with Crippen molar-refractivity contribution in [2.24, 2.45) is 0 Å². The minimum absolute atomic E-state index is 0.0598. The van der Waals surface area contributed by atoms with E-state index < -0.39 is 16.3 Å². The summed E-state index contributed by atoms with van der Waals surface area (Å²) >= 11 is 0. The SMILES string of the molecule is CCCC(O)CNS(=O)(=O)N1CCCCC1C. The van der Waals surface area contributed by atoms with Crippen molar-refractivity contribution in [2.75, 3.05) is 13.1 Å². The molecule has 0 bridgehead atoms. The molecule has 1 aliphatic heterocycles. The fourth-order valence-corrected chi connectivity index (χ4v) is 3.67. The van der Waals surface area contributed by atoms with Crippen LogP contribution in [-0.2, 0) is 10.2 Å². The molecule has 17 heavy (non-hydrogen) atoms. The van der Waals surface area contributed by atoms with E-state index in [2.05, 4.69) is 4.72 Å². The molecule has 2 unspecified atom stereocenters. The third-order valence-corrected chi connectivity index (χ3v) is 4.87. The molecule has 0 aliphatic carbocycles. The molecule has 0 saturated carbocycles. The molecule has 0 amide bonds. The summed E-state index contributed by atoms with van der Waals surface area (Å²) in [6.45, 7) is 4.59. The molecule has 0 aromatic rings. The summed E-state index contributed by atoms with van der Waals surface area (Å²) in [6.07, 6.45) is 3.81. The van der Waals surface area contributed by atoms with Crippen LogP contribution >= 0.6 is 0 Å². The van der Waals surface area contributed by atoms with Gasteiger partial charge in [0, 0.05) is 19.1 Å². The van der Waals surface area contributed by atoms with E-state index in [0.29, 0.717) is 13.0 Å². The maximum absolute atomic E-state index is 12.0. The molecule has 0 aromatic heterocycles. The second kappa shape index (κ2) is 6.68. The van der Waals surface area contributed by atoms with Crippen LogP contribution in [0.25, 0.3) is 0 Å². The van der Waals surface area contributed by atoms with Crippen molar-refractivity contribution in [2.45, 2.75) is 58.1 Å². The summed E-state index contributed by atoms with van der Waals surface area (Å²) in [5, 5.41) is 9.53. The van der Waals surface area contributed by atoms with Crippen LogP contribution < -0.4 is 4.72 Å². The Balaban J connectivity index is 2.49. The van der Waals surface area contributed by atoms with Gasteiger partial charge in [-0.1, -0.05) is 19.8 Å². The minimum Gasteiger partial charge on any atom is -0.392 e. The van der Waals surface area contributed by atoms with Crippen molar-refractivity contribution in [3.63, 3.8) is 0 Å². The summed E-state index contributed by atoms with van der Waals surface area (Å²) in [6, 6.07) is 0.0598. The molecular formula is C11H24N2O3S. The number of piperidine rings is 1. The van der Waals surface area contributed by atoms with Gasteiger partial charge in [0.15, 0.2) is 0 Å². The largest absolute Gasteiger partial charge is 0.392 e. The van der Waals surface area contributed by atoms with Gasteiger partial charge < -0.3 is 5.11 Å². The van der Waals surface area contributed by atoms with E-state index >= 15 is 0 Å². The highest BCUT2D eigenvalue weighted by Crippen LogP contribution is 2.18. The van der Waals surface area contributed by atoms with Crippen LogP contribution in [0.1, 0.15) is 46.0 Å². The fraction of sp³-hybridized carbons (Fsp3) is 1.00. The van der Waals surface area contributed by atoms with Crippen molar-refractivity contribution in [1.82, 2.24) is 9.03 Å². The van der Waals surface area contributed by atoms with Crippen LogP contribution in [0, 0.1) is 0 Å². The van der Waals surface area contributed by atoms with Gasteiger partial charge in [-0.25, -0.2) is 0 Å². The summed E-state index contributed by atoms with van der Waals surface area (Å²) in [5.74, 6) is 0. The molecule has 102 valence electrons. The normalized spacial score (nSPS) is 24.8. The minimum atomic E-state index is -3.42. The van der Waals surface area contributed by atoms with E-state index in [1.54, 1.807) is 0 Å². The van der Waals surface area contributed by atoms with Gasteiger partial charge >= 0.3 is 0 Å². The molecule has 5 nitrogen and oxygen atoms in total. The molecule has 1 aliphatic rings. The Hall–Kier alpha value is -0.170. The first kappa shape index (κ1) is 14.9. The van der Waals surface area contributed by atoms with Gasteiger partial charge in [-0.3, -0.25) is 0 Å². The topological polar surface area (TPSA) is 69.6 Å². The van der Waals surface area contributed by atoms with Crippen molar-refractivity contribution in [3.8, 4) is 0 Å². The van der Waals surface area contributed by atoms with E-state index in [9.17, 15) is 13.5 Å². The molecule has 0 spiro atoms. The van der Waals surface area contributed by atoms with E-state index in [1.165, 1.54) is 4.31 Å². The average Bonchev–Trinajstić information content (AvgIpc) is 2.27. The third-order valence-electron chi connectivity index (χ3n) is 3.17. The van der Waals surface area contributed by atoms with E-state index in [1.807, 2.05) is 13.8 Å². The zero-order chi connectivity index (χ0) is 12.9. The second-order valence-corrected chi connectivity index (χ2v) is 6.46. The maximum Gasteiger partial charge on any atom is 0.279 e. The Kier molecular flexibility index (Phi) is 5.85. The van der Waals surface area contributed by atoms with Gasteiger partial charge in [-0.15, -0.1) is 0 Å². The molecular weight excluding hydrogens is 240 g/mol. The van der Waals surface area contributed by atoms with Crippen molar-refractivity contribution < 1.29 is 13.5 Å². The van der Waals surface area contributed by atoms with Crippen LogP contribution in [0.4, 0.5) is 0 Å². The van der Waals surface area contributed by atoms with Gasteiger partial charge in [0.1, 0.15) is 0 Å². The quantitative estimate of drug-likeness (QED) is 0.747. The van der Waals surface area contributed by atoms with Crippen molar-refractivity contribution in [3.05, 3.63) is 0 Å². The molecule has 1 fully saturated rings. The monoisotopic (exact) mass is 264 g/mol. The van der Waals surface area contributed by atoms with E-state index in [-0.39, 0.29) is 12.6 Å². The molecule has 0 radical (unpaired) electrons. The lowest BCUT2D eigenvalue weighted by Crippen LogP contribution is -2.49. The Morgan fingerprint density at radius 2 is 2.18 bits per heavy atom. The number of rotatable bonds is 6. The maximum atomic E-state index is 12.0. The van der Waals surface area contributed by atoms with Gasteiger partial charge in [0.05, 0.1) is 6.10 Å². The summed E-state index contributed by atoms with van der Waals surface area (Å²) in [5.41, 5.74) is 0. The van der Waals surface area contributed by atoms with Gasteiger partial charge in [0.25, 0.3) is 10.2 Å². The van der Waals surface area contributed by atoms with Crippen molar-refractivity contribution in [1.29, 1.82) is 0 Å². The number of hydrogen-bond donors (Lipinski definition) is 2. The summed E-state index contributed by atoms with van der Waals surface area (Å²) in [7, 11) is -3.42. The first-order valence-electron chi connectivity index (χ1n) is 6.42. The zero-order valence-electron chi connectivity index (χ0n) is 10.7. The Morgan fingerprint density at radius 3 is 2.76 bits per heavy atom. The molecule has 1 heterocycles. The molecule has 2 atom stereocenters. The second-order valence-electron chi connectivity index (χ2n) is 4.75.